The fourth-order valence-corrected chi connectivity index (χ4v) is 1.06. The number of hydrogen-bond donors (Lipinski definition) is 0. The Labute approximate surface area is 72.1 Å². The highest BCUT2D eigenvalue weighted by Crippen LogP contribution is 2.08. The van der Waals surface area contributed by atoms with Gasteiger partial charge in [-0.05, 0) is 12.8 Å². The van der Waals surface area contributed by atoms with Crippen LogP contribution >= 0.6 is 0 Å². The first-order valence-corrected chi connectivity index (χ1v) is 4.06. The van der Waals surface area contributed by atoms with E-state index in [9.17, 15) is 4.79 Å². The maximum absolute atomic E-state index is 11.2. The summed E-state index contributed by atoms with van der Waals surface area (Å²) in [6.07, 6.45) is 1.79. The van der Waals surface area contributed by atoms with Gasteiger partial charge in [0.2, 0.25) is 0 Å². The summed E-state index contributed by atoms with van der Waals surface area (Å²) in [6.45, 7) is 5.87. The molecule has 3 heteroatoms. The van der Waals surface area contributed by atoms with Gasteiger partial charge in [0.1, 0.15) is 5.69 Å². The molecule has 0 aliphatic rings. The molecule has 12 heavy (non-hydrogen) atoms. The summed E-state index contributed by atoms with van der Waals surface area (Å²) in [5, 5.41) is 0. The molecule has 1 aromatic heterocycles. The van der Waals surface area contributed by atoms with Gasteiger partial charge in [-0.2, -0.15) is 0 Å². The smallest absolute Gasteiger partial charge is 0.271 e. The van der Waals surface area contributed by atoms with Gasteiger partial charge in [-0.1, -0.05) is 13.8 Å². The summed E-state index contributed by atoms with van der Waals surface area (Å²) >= 11 is 0. The minimum absolute atomic E-state index is 0.0144. The molecule has 0 N–H and O–H groups in total. The van der Waals surface area contributed by atoms with E-state index >= 15 is 0 Å². The van der Waals surface area contributed by atoms with Gasteiger partial charge in [-0.3, -0.25) is 9.78 Å². The minimum atomic E-state index is -0.0144. The number of rotatable bonds is 1. The number of aromatic nitrogens is 2. The van der Waals surface area contributed by atoms with Crippen molar-refractivity contribution in [1.29, 1.82) is 0 Å². The van der Waals surface area contributed by atoms with Crippen LogP contribution in [0.5, 0.6) is 0 Å². The van der Waals surface area contributed by atoms with Crippen LogP contribution in [0.15, 0.2) is 11.0 Å². The lowest BCUT2D eigenvalue weighted by atomic mass is 10.1. The highest BCUT2D eigenvalue weighted by atomic mass is 16.1. The number of aryl methyl sites for hydroxylation is 2. The minimum Gasteiger partial charge on any atom is -0.315 e. The molecule has 0 radical (unpaired) electrons. The van der Waals surface area contributed by atoms with Gasteiger partial charge >= 0.3 is 0 Å². The van der Waals surface area contributed by atoms with Crippen molar-refractivity contribution < 1.29 is 0 Å². The summed E-state index contributed by atoms with van der Waals surface area (Å²) < 4.78 is 1.58. The van der Waals surface area contributed by atoms with E-state index < -0.39 is 0 Å². The predicted octanol–water partition coefficient (Wildman–Crippen LogP) is 1.21. The Balaban J connectivity index is 3.31. The standard InChI is InChI=1S/C9H14N2O/c1-6(2)8-5-11(4)9(12)7(3)10-8/h5-6H,1-4H3. The van der Waals surface area contributed by atoms with Crippen molar-refractivity contribution in [3.63, 3.8) is 0 Å². The molecule has 0 saturated heterocycles. The largest absolute Gasteiger partial charge is 0.315 e. The quantitative estimate of drug-likeness (QED) is 0.628. The third-order valence-electron chi connectivity index (χ3n) is 1.84. The summed E-state index contributed by atoms with van der Waals surface area (Å²) in [7, 11) is 1.75. The highest BCUT2D eigenvalue weighted by molar-refractivity contribution is 5.06. The fourth-order valence-electron chi connectivity index (χ4n) is 1.06. The molecule has 1 heterocycles. The molecule has 1 rings (SSSR count). The second kappa shape index (κ2) is 3.09. The lowest BCUT2D eigenvalue weighted by Crippen LogP contribution is -2.21. The Bertz CT molecular complexity index is 313. The van der Waals surface area contributed by atoms with E-state index in [2.05, 4.69) is 18.8 Å². The summed E-state index contributed by atoms with van der Waals surface area (Å²) in [4.78, 5) is 15.4. The van der Waals surface area contributed by atoms with Gasteiger partial charge in [-0.15, -0.1) is 0 Å². The Kier molecular flexibility index (Phi) is 2.31. The third-order valence-corrected chi connectivity index (χ3v) is 1.84. The van der Waals surface area contributed by atoms with Crippen LogP contribution in [-0.4, -0.2) is 9.55 Å². The van der Waals surface area contributed by atoms with Crippen molar-refractivity contribution in [3.8, 4) is 0 Å². The van der Waals surface area contributed by atoms with Crippen LogP contribution < -0.4 is 5.56 Å². The van der Waals surface area contributed by atoms with E-state index in [1.165, 1.54) is 0 Å². The van der Waals surface area contributed by atoms with Gasteiger partial charge in [0.15, 0.2) is 0 Å². The van der Waals surface area contributed by atoms with Crippen molar-refractivity contribution in [3.05, 3.63) is 27.9 Å². The highest BCUT2D eigenvalue weighted by Gasteiger charge is 2.04. The van der Waals surface area contributed by atoms with Crippen molar-refractivity contribution in [2.75, 3.05) is 0 Å². The molecule has 0 bridgehead atoms. The zero-order valence-corrected chi connectivity index (χ0v) is 7.96. The van der Waals surface area contributed by atoms with Crippen LogP contribution in [0.25, 0.3) is 0 Å². The molecule has 66 valence electrons. The molecule has 3 nitrogen and oxygen atoms in total. The van der Waals surface area contributed by atoms with E-state index in [1.807, 2.05) is 0 Å². The van der Waals surface area contributed by atoms with E-state index in [1.54, 1.807) is 24.7 Å². The van der Waals surface area contributed by atoms with Crippen LogP contribution in [0.3, 0.4) is 0 Å². The summed E-state index contributed by atoms with van der Waals surface area (Å²) in [6, 6.07) is 0. The van der Waals surface area contributed by atoms with E-state index in [0.29, 0.717) is 11.6 Å². The van der Waals surface area contributed by atoms with Crippen molar-refractivity contribution in [2.45, 2.75) is 26.7 Å². The fraction of sp³-hybridized carbons (Fsp3) is 0.556. The SMILES string of the molecule is Cc1nc(C(C)C)cn(C)c1=O. The molecule has 0 saturated carbocycles. The lowest BCUT2D eigenvalue weighted by molar-refractivity contribution is 0.739. The monoisotopic (exact) mass is 166 g/mol. The first kappa shape index (κ1) is 8.97. The van der Waals surface area contributed by atoms with Crippen molar-refractivity contribution in [2.24, 2.45) is 7.05 Å². The summed E-state index contributed by atoms with van der Waals surface area (Å²) in [5.41, 5.74) is 1.53. The van der Waals surface area contributed by atoms with E-state index in [4.69, 9.17) is 0 Å². The molecule has 0 fully saturated rings. The maximum atomic E-state index is 11.2. The normalized spacial score (nSPS) is 10.8. The van der Waals surface area contributed by atoms with Gasteiger partial charge in [-0.25, -0.2) is 0 Å². The second-order valence-corrected chi connectivity index (χ2v) is 3.32. The number of nitrogens with zero attached hydrogens (tertiary/aromatic N) is 2. The molecule has 0 spiro atoms. The molecular weight excluding hydrogens is 152 g/mol. The predicted molar refractivity (Wildman–Crippen MR) is 48.3 cm³/mol. The Morgan fingerprint density at radius 1 is 1.50 bits per heavy atom. The molecular formula is C9H14N2O. The van der Waals surface area contributed by atoms with Crippen molar-refractivity contribution in [1.82, 2.24) is 9.55 Å². The van der Waals surface area contributed by atoms with Crippen LogP contribution in [0.1, 0.15) is 31.2 Å². The van der Waals surface area contributed by atoms with E-state index in [-0.39, 0.29) is 5.56 Å². The molecule has 0 unspecified atom stereocenters. The van der Waals surface area contributed by atoms with Gasteiger partial charge in [0.25, 0.3) is 5.56 Å². The van der Waals surface area contributed by atoms with Crippen LogP contribution in [0.4, 0.5) is 0 Å². The number of hydrogen-bond acceptors (Lipinski definition) is 2. The van der Waals surface area contributed by atoms with Crippen LogP contribution in [-0.2, 0) is 7.05 Å². The van der Waals surface area contributed by atoms with Gasteiger partial charge in [0, 0.05) is 13.2 Å². The Morgan fingerprint density at radius 2 is 2.08 bits per heavy atom. The third kappa shape index (κ3) is 1.55. The van der Waals surface area contributed by atoms with E-state index in [0.717, 1.165) is 5.69 Å². The molecule has 0 aliphatic heterocycles. The first-order valence-electron chi connectivity index (χ1n) is 4.06. The zero-order chi connectivity index (χ0) is 9.30. The Hall–Kier alpha value is -1.12. The second-order valence-electron chi connectivity index (χ2n) is 3.32. The molecule has 0 amide bonds. The van der Waals surface area contributed by atoms with Crippen molar-refractivity contribution >= 4 is 0 Å². The lowest BCUT2D eigenvalue weighted by Gasteiger charge is -2.06. The maximum Gasteiger partial charge on any atom is 0.271 e. The zero-order valence-electron chi connectivity index (χ0n) is 7.96. The topological polar surface area (TPSA) is 34.9 Å². The molecule has 1 aromatic rings. The average molecular weight is 166 g/mol. The Morgan fingerprint density at radius 3 is 2.50 bits per heavy atom. The average Bonchev–Trinajstić information content (AvgIpc) is 1.99. The molecule has 0 aliphatic carbocycles. The first-order chi connectivity index (χ1) is 5.52. The molecule has 0 aromatic carbocycles. The van der Waals surface area contributed by atoms with Gasteiger partial charge in [0.05, 0.1) is 5.69 Å². The van der Waals surface area contributed by atoms with Gasteiger partial charge < -0.3 is 4.57 Å². The molecule has 0 atom stereocenters. The van der Waals surface area contributed by atoms with Crippen LogP contribution in [0.2, 0.25) is 0 Å². The summed E-state index contributed by atoms with van der Waals surface area (Å²) in [5.74, 6) is 0.371. The van der Waals surface area contributed by atoms with Crippen LogP contribution in [0, 0.1) is 6.92 Å².